The minimum Gasteiger partial charge on any atom is -0.495 e. The lowest BCUT2D eigenvalue weighted by Gasteiger charge is -2.19. The highest BCUT2D eigenvalue weighted by Gasteiger charge is 2.15. The van der Waals surface area contributed by atoms with Crippen molar-refractivity contribution in [2.75, 3.05) is 19.0 Å². The van der Waals surface area contributed by atoms with Crippen molar-refractivity contribution in [3.05, 3.63) is 60.2 Å². The average molecular weight is 356 g/mol. The molecule has 1 unspecified atom stereocenters. The van der Waals surface area contributed by atoms with E-state index in [0.29, 0.717) is 18.6 Å². The summed E-state index contributed by atoms with van der Waals surface area (Å²) in [6.07, 6.45) is 0.983. The molecule has 0 spiro atoms. The van der Waals surface area contributed by atoms with E-state index in [1.807, 2.05) is 54.6 Å². The number of methoxy groups -OCH3 is 1. The van der Waals surface area contributed by atoms with E-state index < -0.39 is 5.97 Å². The monoisotopic (exact) mass is 356 g/mol. The molecule has 2 aromatic rings. The van der Waals surface area contributed by atoms with Gasteiger partial charge in [0.15, 0.2) is 0 Å². The second-order valence-electron chi connectivity index (χ2n) is 5.94. The van der Waals surface area contributed by atoms with Crippen LogP contribution in [0.15, 0.2) is 54.6 Å². The summed E-state index contributed by atoms with van der Waals surface area (Å²) >= 11 is 0. The van der Waals surface area contributed by atoms with Crippen LogP contribution in [0.4, 0.5) is 5.69 Å². The predicted molar refractivity (Wildman–Crippen MR) is 100 cm³/mol. The van der Waals surface area contributed by atoms with Gasteiger partial charge in [-0.3, -0.25) is 9.59 Å². The summed E-state index contributed by atoms with van der Waals surface area (Å²) in [5, 5.41) is 14.9. The Morgan fingerprint density at radius 1 is 1.08 bits per heavy atom. The molecule has 26 heavy (non-hydrogen) atoms. The molecule has 0 radical (unpaired) electrons. The molecule has 0 bridgehead atoms. The Labute approximate surface area is 153 Å². The van der Waals surface area contributed by atoms with Gasteiger partial charge in [0.05, 0.1) is 19.3 Å². The first-order valence-electron chi connectivity index (χ1n) is 8.50. The van der Waals surface area contributed by atoms with Crippen LogP contribution >= 0.6 is 0 Å². The standard InChI is InChI=1S/C20H24N2O4/c1-26-18-10-6-5-9-17(18)21-14-19(23)22-16(11-12-20(24)25)13-15-7-3-2-4-8-15/h2-10,16,21H,11-14H2,1H3,(H,22,23)(H,24,25). The van der Waals surface area contributed by atoms with Gasteiger partial charge in [-0.1, -0.05) is 42.5 Å². The van der Waals surface area contributed by atoms with Gasteiger partial charge in [-0.25, -0.2) is 0 Å². The summed E-state index contributed by atoms with van der Waals surface area (Å²) < 4.78 is 5.24. The SMILES string of the molecule is COc1ccccc1NCC(=O)NC(CCC(=O)O)Cc1ccccc1. The fourth-order valence-corrected chi connectivity index (χ4v) is 2.67. The van der Waals surface area contributed by atoms with Crippen LogP contribution in [0.25, 0.3) is 0 Å². The molecule has 0 fully saturated rings. The molecule has 2 rings (SSSR count). The number of nitrogens with one attached hydrogen (secondary N) is 2. The van der Waals surface area contributed by atoms with Gasteiger partial charge in [-0.05, 0) is 30.5 Å². The van der Waals surface area contributed by atoms with Crippen molar-refractivity contribution in [2.24, 2.45) is 0 Å². The zero-order valence-electron chi connectivity index (χ0n) is 14.8. The first-order chi connectivity index (χ1) is 12.6. The molecule has 0 aromatic heterocycles. The molecule has 0 saturated carbocycles. The largest absolute Gasteiger partial charge is 0.495 e. The number of carbonyl (C=O) groups is 2. The third-order valence-electron chi connectivity index (χ3n) is 3.94. The number of anilines is 1. The maximum absolute atomic E-state index is 12.3. The van der Waals surface area contributed by atoms with Crippen LogP contribution in [0.1, 0.15) is 18.4 Å². The van der Waals surface area contributed by atoms with Crippen LogP contribution in [0, 0.1) is 0 Å². The van der Waals surface area contributed by atoms with Crippen molar-refractivity contribution in [1.29, 1.82) is 0 Å². The van der Waals surface area contributed by atoms with Crippen molar-refractivity contribution in [3.8, 4) is 5.75 Å². The minimum absolute atomic E-state index is 0.0116. The number of carboxylic acids is 1. The van der Waals surface area contributed by atoms with Crippen molar-refractivity contribution in [1.82, 2.24) is 5.32 Å². The van der Waals surface area contributed by atoms with Crippen LogP contribution < -0.4 is 15.4 Å². The van der Waals surface area contributed by atoms with E-state index in [4.69, 9.17) is 9.84 Å². The molecule has 6 heteroatoms. The average Bonchev–Trinajstić information content (AvgIpc) is 2.65. The lowest BCUT2D eigenvalue weighted by atomic mass is 10.0. The van der Waals surface area contributed by atoms with Crippen molar-refractivity contribution in [3.63, 3.8) is 0 Å². The lowest BCUT2D eigenvalue weighted by molar-refractivity contribution is -0.137. The molecule has 0 aliphatic heterocycles. The fourth-order valence-electron chi connectivity index (χ4n) is 2.67. The smallest absolute Gasteiger partial charge is 0.303 e. The summed E-state index contributed by atoms with van der Waals surface area (Å²) in [7, 11) is 1.57. The predicted octanol–water partition coefficient (Wildman–Crippen LogP) is 2.70. The Hall–Kier alpha value is -3.02. The van der Waals surface area contributed by atoms with E-state index in [1.54, 1.807) is 7.11 Å². The van der Waals surface area contributed by atoms with Gasteiger partial charge in [-0.15, -0.1) is 0 Å². The van der Waals surface area contributed by atoms with Gasteiger partial charge in [-0.2, -0.15) is 0 Å². The Kier molecular flexibility index (Phi) is 7.49. The highest BCUT2D eigenvalue weighted by Crippen LogP contribution is 2.22. The molecule has 3 N–H and O–H groups in total. The van der Waals surface area contributed by atoms with Gasteiger partial charge in [0.2, 0.25) is 5.91 Å². The summed E-state index contributed by atoms with van der Waals surface area (Å²) in [5.74, 6) is -0.404. The second kappa shape index (κ2) is 10.1. The minimum atomic E-state index is -0.871. The van der Waals surface area contributed by atoms with Crippen LogP contribution in [0.3, 0.4) is 0 Å². The van der Waals surface area contributed by atoms with E-state index >= 15 is 0 Å². The molecule has 6 nitrogen and oxygen atoms in total. The van der Waals surface area contributed by atoms with Crippen LogP contribution in [-0.4, -0.2) is 36.7 Å². The summed E-state index contributed by atoms with van der Waals surface area (Å²) in [6, 6.07) is 16.8. The third kappa shape index (κ3) is 6.47. The Morgan fingerprint density at radius 3 is 2.46 bits per heavy atom. The maximum atomic E-state index is 12.3. The highest BCUT2D eigenvalue weighted by atomic mass is 16.5. The van der Waals surface area contributed by atoms with Crippen LogP contribution in [0.2, 0.25) is 0 Å². The molecular formula is C20H24N2O4. The lowest BCUT2D eigenvalue weighted by Crippen LogP contribution is -2.40. The van der Waals surface area contributed by atoms with E-state index in [2.05, 4.69) is 10.6 Å². The van der Waals surface area contributed by atoms with E-state index in [9.17, 15) is 9.59 Å². The van der Waals surface area contributed by atoms with Gasteiger partial charge in [0.25, 0.3) is 0 Å². The zero-order chi connectivity index (χ0) is 18.8. The number of rotatable bonds is 10. The quantitative estimate of drug-likeness (QED) is 0.609. The topological polar surface area (TPSA) is 87.7 Å². The summed E-state index contributed by atoms with van der Waals surface area (Å²) in [6.45, 7) is 0.0821. The number of ether oxygens (including phenoxy) is 1. The number of amides is 1. The maximum Gasteiger partial charge on any atom is 0.303 e. The summed E-state index contributed by atoms with van der Waals surface area (Å²) in [5.41, 5.74) is 1.79. The zero-order valence-corrected chi connectivity index (χ0v) is 14.8. The molecule has 0 aliphatic rings. The van der Waals surface area contributed by atoms with Crippen molar-refractivity contribution in [2.45, 2.75) is 25.3 Å². The van der Waals surface area contributed by atoms with Crippen LogP contribution in [-0.2, 0) is 16.0 Å². The third-order valence-corrected chi connectivity index (χ3v) is 3.94. The number of carbonyl (C=O) groups excluding carboxylic acids is 1. The molecule has 0 saturated heterocycles. The molecular weight excluding hydrogens is 332 g/mol. The number of hydrogen-bond acceptors (Lipinski definition) is 4. The van der Waals surface area contributed by atoms with Gasteiger partial charge >= 0.3 is 5.97 Å². The van der Waals surface area contributed by atoms with Gasteiger partial charge in [0.1, 0.15) is 5.75 Å². The molecule has 0 aliphatic carbocycles. The number of benzene rings is 2. The number of carboxylic acid groups (broad SMARTS) is 1. The molecule has 1 amide bonds. The molecule has 1 atom stereocenters. The van der Waals surface area contributed by atoms with E-state index in [-0.39, 0.29) is 24.9 Å². The number of hydrogen-bond donors (Lipinski definition) is 3. The summed E-state index contributed by atoms with van der Waals surface area (Å²) in [4.78, 5) is 23.2. The van der Waals surface area contributed by atoms with Gasteiger partial charge in [0, 0.05) is 12.5 Å². The Bertz CT molecular complexity index is 719. The van der Waals surface area contributed by atoms with Crippen LogP contribution in [0.5, 0.6) is 5.75 Å². The van der Waals surface area contributed by atoms with Crippen molar-refractivity contribution < 1.29 is 19.4 Å². The van der Waals surface area contributed by atoms with E-state index in [0.717, 1.165) is 11.3 Å². The number of para-hydroxylation sites is 2. The fraction of sp³-hybridized carbons (Fsp3) is 0.300. The number of aliphatic carboxylic acids is 1. The Morgan fingerprint density at radius 2 is 1.77 bits per heavy atom. The normalized spacial score (nSPS) is 11.4. The first-order valence-corrected chi connectivity index (χ1v) is 8.50. The molecule has 2 aromatic carbocycles. The second-order valence-corrected chi connectivity index (χ2v) is 5.94. The van der Waals surface area contributed by atoms with Crippen molar-refractivity contribution >= 4 is 17.6 Å². The molecule has 0 heterocycles. The first kappa shape index (κ1) is 19.3. The van der Waals surface area contributed by atoms with Gasteiger partial charge < -0.3 is 20.5 Å². The molecule has 138 valence electrons. The highest BCUT2D eigenvalue weighted by molar-refractivity contribution is 5.81. The Balaban J connectivity index is 1.93. The van der Waals surface area contributed by atoms with E-state index in [1.165, 1.54) is 0 Å².